The zero-order valence-electron chi connectivity index (χ0n) is 17.8. The molecule has 8 nitrogen and oxygen atoms in total. The van der Waals surface area contributed by atoms with Crippen molar-refractivity contribution in [1.29, 1.82) is 0 Å². The fourth-order valence-electron chi connectivity index (χ4n) is 3.38. The molecule has 0 spiro atoms. The molecule has 2 amide bonds. The number of anilines is 1. The van der Waals surface area contributed by atoms with Crippen molar-refractivity contribution in [2.45, 2.75) is 37.5 Å². The molecule has 2 heterocycles. The number of amides is 2. The number of hydrogen-bond donors (Lipinski definition) is 2. The highest BCUT2D eigenvalue weighted by atomic mass is 32.2. The van der Waals surface area contributed by atoms with Crippen LogP contribution in [0.4, 0.5) is 10.5 Å². The first kappa shape index (κ1) is 23.0. The summed E-state index contributed by atoms with van der Waals surface area (Å²) in [5.74, 6) is 1.02. The molecule has 1 aliphatic heterocycles. The van der Waals surface area contributed by atoms with Gasteiger partial charge in [-0.15, -0.1) is 0 Å². The van der Waals surface area contributed by atoms with Crippen LogP contribution in [0.1, 0.15) is 32.6 Å². The van der Waals surface area contributed by atoms with E-state index in [1.54, 1.807) is 18.3 Å². The number of pyridine rings is 1. The largest absolute Gasteiger partial charge is 0.494 e. The van der Waals surface area contributed by atoms with Gasteiger partial charge in [-0.1, -0.05) is 13.3 Å². The number of benzene rings is 1. The van der Waals surface area contributed by atoms with E-state index in [1.807, 2.05) is 24.3 Å². The molecule has 0 atom stereocenters. The van der Waals surface area contributed by atoms with E-state index in [1.165, 1.54) is 10.5 Å². The van der Waals surface area contributed by atoms with Crippen LogP contribution in [0.5, 0.6) is 5.75 Å². The topological polar surface area (TPSA) is 101 Å². The molecule has 2 aromatic rings. The molecule has 168 valence electrons. The SMILES string of the molecule is CCCCOc1ccc(NC(=O)NCC2CCN(S(=O)(=O)c3cccnc3)CC2)cc1. The normalized spacial score (nSPS) is 15.4. The summed E-state index contributed by atoms with van der Waals surface area (Å²) in [6, 6.07) is 10.2. The quantitative estimate of drug-likeness (QED) is 0.575. The lowest BCUT2D eigenvalue weighted by Crippen LogP contribution is -2.42. The van der Waals surface area contributed by atoms with Gasteiger partial charge in [0.25, 0.3) is 0 Å². The average Bonchev–Trinajstić information content (AvgIpc) is 2.80. The molecule has 31 heavy (non-hydrogen) atoms. The van der Waals surface area contributed by atoms with Crippen LogP contribution >= 0.6 is 0 Å². The van der Waals surface area contributed by atoms with E-state index in [4.69, 9.17) is 4.74 Å². The van der Waals surface area contributed by atoms with E-state index in [9.17, 15) is 13.2 Å². The molecule has 1 aliphatic rings. The van der Waals surface area contributed by atoms with E-state index >= 15 is 0 Å². The van der Waals surface area contributed by atoms with Crippen molar-refractivity contribution in [3.8, 4) is 5.75 Å². The lowest BCUT2D eigenvalue weighted by molar-refractivity contribution is 0.240. The number of ether oxygens (including phenoxy) is 1. The maximum absolute atomic E-state index is 12.7. The van der Waals surface area contributed by atoms with Crippen LogP contribution in [0.3, 0.4) is 0 Å². The minimum Gasteiger partial charge on any atom is -0.494 e. The smallest absolute Gasteiger partial charge is 0.319 e. The molecule has 1 fully saturated rings. The number of unbranched alkanes of at least 4 members (excludes halogenated alkanes) is 1. The Balaban J connectivity index is 1.40. The minimum atomic E-state index is -3.51. The van der Waals surface area contributed by atoms with Gasteiger partial charge < -0.3 is 15.4 Å². The average molecular weight is 447 g/mol. The number of nitrogens with zero attached hydrogens (tertiary/aromatic N) is 2. The number of aromatic nitrogens is 1. The van der Waals surface area contributed by atoms with E-state index in [0.717, 1.165) is 18.6 Å². The number of carbonyl (C=O) groups is 1. The number of nitrogens with one attached hydrogen (secondary N) is 2. The summed E-state index contributed by atoms with van der Waals surface area (Å²) in [5.41, 5.74) is 0.692. The molecular formula is C22H30N4O4S. The maximum atomic E-state index is 12.7. The summed E-state index contributed by atoms with van der Waals surface area (Å²) in [7, 11) is -3.51. The van der Waals surface area contributed by atoms with Crippen molar-refractivity contribution in [3.63, 3.8) is 0 Å². The van der Waals surface area contributed by atoms with Crippen molar-refractivity contribution in [2.24, 2.45) is 5.92 Å². The fourth-order valence-corrected chi connectivity index (χ4v) is 4.82. The molecule has 0 unspecified atom stereocenters. The Morgan fingerprint density at radius 1 is 1.19 bits per heavy atom. The fraction of sp³-hybridized carbons (Fsp3) is 0.455. The van der Waals surface area contributed by atoms with Crippen LogP contribution in [0.15, 0.2) is 53.7 Å². The number of piperidine rings is 1. The Labute approximate surface area is 184 Å². The van der Waals surface area contributed by atoms with Crippen LogP contribution in [-0.4, -0.2) is 50.0 Å². The molecule has 9 heteroatoms. The Morgan fingerprint density at radius 3 is 2.58 bits per heavy atom. The van der Waals surface area contributed by atoms with E-state index in [2.05, 4.69) is 22.5 Å². The molecule has 1 aromatic carbocycles. The first-order valence-electron chi connectivity index (χ1n) is 10.7. The second kappa shape index (κ2) is 11.1. The molecular weight excluding hydrogens is 416 g/mol. The molecule has 0 radical (unpaired) electrons. The van der Waals surface area contributed by atoms with Gasteiger partial charge in [0.1, 0.15) is 10.6 Å². The Kier molecular flexibility index (Phi) is 8.25. The molecule has 0 aliphatic carbocycles. The van der Waals surface area contributed by atoms with Gasteiger partial charge in [0.05, 0.1) is 6.61 Å². The first-order valence-corrected chi connectivity index (χ1v) is 12.1. The van der Waals surface area contributed by atoms with Gasteiger partial charge in [-0.2, -0.15) is 4.31 Å². The standard InChI is InChI=1S/C22H30N4O4S/c1-2-3-15-30-20-8-6-19(7-9-20)25-22(27)24-16-18-10-13-26(14-11-18)31(28,29)21-5-4-12-23-17-21/h4-9,12,17-18H,2-3,10-11,13-16H2,1H3,(H2,24,25,27). The molecule has 1 aromatic heterocycles. The number of carbonyl (C=O) groups excluding carboxylic acids is 1. The van der Waals surface area contributed by atoms with Gasteiger partial charge >= 0.3 is 6.03 Å². The maximum Gasteiger partial charge on any atom is 0.319 e. The highest BCUT2D eigenvalue weighted by molar-refractivity contribution is 7.89. The Bertz CT molecular complexity index is 928. The third kappa shape index (κ3) is 6.67. The van der Waals surface area contributed by atoms with Crippen LogP contribution in [-0.2, 0) is 10.0 Å². The van der Waals surface area contributed by atoms with Crippen LogP contribution in [0, 0.1) is 5.92 Å². The summed E-state index contributed by atoms with van der Waals surface area (Å²) in [5, 5.41) is 5.70. The second-order valence-corrected chi connectivity index (χ2v) is 9.54. The molecule has 0 bridgehead atoms. The van der Waals surface area contributed by atoms with Gasteiger partial charge in [0.2, 0.25) is 10.0 Å². The van der Waals surface area contributed by atoms with Crippen molar-refractivity contribution in [2.75, 3.05) is 31.6 Å². The van der Waals surface area contributed by atoms with Crippen LogP contribution in [0.2, 0.25) is 0 Å². The Hall–Kier alpha value is -2.65. The van der Waals surface area contributed by atoms with Gasteiger partial charge in [-0.05, 0) is 61.6 Å². The van der Waals surface area contributed by atoms with E-state index in [-0.39, 0.29) is 16.8 Å². The lowest BCUT2D eigenvalue weighted by atomic mass is 9.98. The predicted molar refractivity (Wildman–Crippen MR) is 120 cm³/mol. The molecule has 2 N–H and O–H groups in total. The summed E-state index contributed by atoms with van der Waals surface area (Å²) < 4.78 is 32.4. The van der Waals surface area contributed by atoms with Gasteiger partial charge in [0.15, 0.2) is 0 Å². The predicted octanol–water partition coefficient (Wildman–Crippen LogP) is 3.48. The number of urea groups is 1. The van der Waals surface area contributed by atoms with Gasteiger partial charge in [0, 0.05) is 37.7 Å². The van der Waals surface area contributed by atoms with Crippen molar-refractivity contribution < 1.29 is 17.9 Å². The zero-order valence-corrected chi connectivity index (χ0v) is 18.6. The zero-order chi connectivity index (χ0) is 22.1. The van der Waals surface area contributed by atoms with E-state index in [0.29, 0.717) is 44.8 Å². The van der Waals surface area contributed by atoms with Crippen molar-refractivity contribution >= 4 is 21.7 Å². The molecule has 1 saturated heterocycles. The van der Waals surface area contributed by atoms with Crippen LogP contribution in [0.25, 0.3) is 0 Å². The third-order valence-electron chi connectivity index (χ3n) is 5.28. The summed E-state index contributed by atoms with van der Waals surface area (Å²) >= 11 is 0. The monoisotopic (exact) mass is 446 g/mol. The second-order valence-electron chi connectivity index (χ2n) is 7.60. The summed E-state index contributed by atoms with van der Waals surface area (Å²) in [6.45, 7) is 4.18. The highest BCUT2D eigenvalue weighted by Crippen LogP contribution is 2.23. The van der Waals surface area contributed by atoms with Gasteiger partial charge in [-0.3, -0.25) is 4.98 Å². The molecule has 3 rings (SSSR count). The first-order chi connectivity index (χ1) is 15.0. The molecule has 0 saturated carbocycles. The van der Waals surface area contributed by atoms with Crippen molar-refractivity contribution in [3.05, 3.63) is 48.8 Å². The van der Waals surface area contributed by atoms with Crippen molar-refractivity contribution in [1.82, 2.24) is 14.6 Å². The Morgan fingerprint density at radius 2 is 1.94 bits per heavy atom. The van der Waals surface area contributed by atoms with Gasteiger partial charge in [-0.25, -0.2) is 13.2 Å². The number of hydrogen-bond acceptors (Lipinski definition) is 5. The minimum absolute atomic E-state index is 0.215. The number of sulfonamides is 1. The summed E-state index contributed by atoms with van der Waals surface area (Å²) in [4.78, 5) is 16.3. The third-order valence-corrected chi connectivity index (χ3v) is 7.16. The van der Waals surface area contributed by atoms with Crippen LogP contribution < -0.4 is 15.4 Å². The van der Waals surface area contributed by atoms with E-state index < -0.39 is 10.0 Å². The summed E-state index contributed by atoms with van der Waals surface area (Å²) in [6.07, 6.45) is 6.41. The number of rotatable bonds is 9. The highest BCUT2D eigenvalue weighted by Gasteiger charge is 2.29. The lowest BCUT2D eigenvalue weighted by Gasteiger charge is -2.31.